The average molecular weight is 505 g/mol. The summed E-state index contributed by atoms with van der Waals surface area (Å²) in [5, 5.41) is 10.6. The molecule has 0 aromatic rings. The summed E-state index contributed by atoms with van der Waals surface area (Å²) < 4.78 is 25.8. The Bertz CT molecular complexity index is 664. The molecule has 0 radical (unpaired) electrons. The Morgan fingerprint density at radius 3 is 1.59 bits per heavy atom. The summed E-state index contributed by atoms with van der Waals surface area (Å²) in [6.45, 7) is 4.07. The number of unbranched alkanes of at least 4 members (excludes halogenated alkanes) is 12. The van der Waals surface area contributed by atoms with E-state index in [1.807, 2.05) is 4.72 Å². The molecule has 200 valence electrons. The van der Waals surface area contributed by atoms with Crippen molar-refractivity contribution in [2.75, 3.05) is 12.3 Å². The van der Waals surface area contributed by atoms with Crippen LogP contribution in [0.3, 0.4) is 0 Å². The van der Waals surface area contributed by atoms with Gasteiger partial charge in [-0.3, -0.25) is 19.1 Å². The summed E-state index contributed by atoms with van der Waals surface area (Å²) in [5.74, 6) is -1.74. The van der Waals surface area contributed by atoms with Gasteiger partial charge in [-0.25, -0.2) is 8.42 Å². The molecule has 0 aliphatic carbocycles. The number of amides is 2. The van der Waals surface area contributed by atoms with Crippen LogP contribution in [0.2, 0.25) is 0 Å². The van der Waals surface area contributed by atoms with Crippen molar-refractivity contribution in [3.05, 3.63) is 0 Å². The zero-order valence-electron chi connectivity index (χ0n) is 21.4. The van der Waals surface area contributed by atoms with Gasteiger partial charge in [0.2, 0.25) is 21.8 Å². The van der Waals surface area contributed by atoms with E-state index in [9.17, 15) is 22.8 Å². The van der Waals surface area contributed by atoms with Crippen LogP contribution in [0.25, 0.3) is 0 Å². The topological polar surface area (TPSA) is 130 Å². The Labute approximate surface area is 207 Å². The first kappa shape index (κ1) is 32.4. The zero-order chi connectivity index (χ0) is 25.7. The van der Waals surface area contributed by atoms with Gasteiger partial charge in [-0.1, -0.05) is 97.3 Å². The molecular formula is C25H48N2O6S. The number of carboxylic acids is 1. The van der Waals surface area contributed by atoms with Crippen molar-refractivity contribution in [2.45, 2.75) is 123 Å². The van der Waals surface area contributed by atoms with Gasteiger partial charge < -0.3 is 10.4 Å². The van der Waals surface area contributed by atoms with E-state index in [4.69, 9.17) is 5.11 Å². The van der Waals surface area contributed by atoms with Crippen molar-refractivity contribution in [1.82, 2.24) is 10.0 Å². The lowest BCUT2D eigenvalue weighted by Crippen LogP contribution is -2.33. The van der Waals surface area contributed by atoms with Crippen LogP contribution in [-0.2, 0) is 24.4 Å². The van der Waals surface area contributed by atoms with Gasteiger partial charge in [-0.05, 0) is 18.8 Å². The van der Waals surface area contributed by atoms with E-state index < -0.39 is 34.4 Å². The van der Waals surface area contributed by atoms with Gasteiger partial charge >= 0.3 is 5.97 Å². The fraction of sp³-hybridized carbons (Fsp3) is 0.880. The molecule has 0 aromatic heterocycles. The molecule has 2 amide bonds. The van der Waals surface area contributed by atoms with Crippen LogP contribution >= 0.6 is 0 Å². The Hall–Kier alpha value is -1.64. The lowest BCUT2D eigenvalue weighted by atomic mass is 10.0. The van der Waals surface area contributed by atoms with Gasteiger partial charge in [0.1, 0.15) is 6.54 Å². The smallest absolute Gasteiger partial charge is 0.322 e. The van der Waals surface area contributed by atoms with Crippen LogP contribution in [0.1, 0.15) is 123 Å². The van der Waals surface area contributed by atoms with Crippen LogP contribution in [0, 0.1) is 5.92 Å². The minimum atomic E-state index is -3.78. The third-order valence-corrected chi connectivity index (χ3v) is 7.07. The monoisotopic (exact) mass is 504 g/mol. The first-order valence-electron chi connectivity index (χ1n) is 13.1. The molecule has 0 bridgehead atoms. The SMILES string of the molecule is CC(C)CCCCCCCCCCCCCCCC(=O)NS(=O)(=O)CCCC(=O)NCC(=O)O. The first-order valence-corrected chi connectivity index (χ1v) is 14.8. The number of aliphatic carboxylic acids is 1. The molecule has 0 aliphatic rings. The normalized spacial score (nSPS) is 11.5. The quantitative estimate of drug-likeness (QED) is 0.169. The molecule has 0 heterocycles. The van der Waals surface area contributed by atoms with Crippen molar-refractivity contribution in [1.29, 1.82) is 0 Å². The molecule has 0 unspecified atom stereocenters. The molecule has 8 nitrogen and oxygen atoms in total. The number of sulfonamides is 1. The molecule has 34 heavy (non-hydrogen) atoms. The number of hydrogen-bond acceptors (Lipinski definition) is 5. The van der Waals surface area contributed by atoms with E-state index in [1.54, 1.807) is 0 Å². The van der Waals surface area contributed by atoms with E-state index >= 15 is 0 Å². The van der Waals surface area contributed by atoms with E-state index in [-0.39, 0.29) is 25.0 Å². The predicted octanol–water partition coefficient (Wildman–Crippen LogP) is 4.92. The molecule has 0 rings (SSSR count). The molecule has 3 N–H and O–H groups in total. The van der Waals surface area contributed by atoms with Crippen molar-refractivity contribution >= 4 is 27.8 Å². The van der Waals surface area contributed by atoms with E-state index in [0.29, 0.717) is 6.42 Å². The summed E-state index contributed by atoms with van der Waals surface area (Å²) in [4.78, 5) is 33.6. The standard InChI is InChI=1S/C25H48N2O6S/c1-22(2)17-14-12-10-8-6-4-3-5-7-9-11-13-15-18-24(29)27-34(32,33)20-16-19-23(28)26-21-25(30)31/h22H,3-21H2,1-2H3,(H,26,28)(H,27,29)(H,30,31). The van der Waals surface area contributed by atoms with Crippen LogP contribution in [-0.4, -0.2) is 43.6 Å². The van der Waals surface area contributed by atoms with Crippen LogP contribution in [0.15, 0.2) is 0 Å². The van der Waals surface area contributed by atoms with Crippen molar-refractivity contribution in [2.24, 2.45) is 5.92 Å². The molecule has 0 aromatic carbocycles. The summed E-state index contributed by atoms with van der Waals surface area (Å²) >= 11 is 0. The van der Waals surface area contributed by atoms with Crippen LogP contribution in [0.4, 0.5) is 0 Å². The molecule has 0 spiro atoms. The van der Waals surface area contributed by atoms with Gasteiger partial charge in [-0.2, -0.15) is 0 Å². The van der Waals surface area contributed by atoms with Gasteiger partial charge in [0.25, 0.3) is 0 Å². The molecule has 0 aliphatic heterocycles. The lowest BCUT2D eigenvalue weighted by molar-refractivity contribution is -0.137. The largest absolute Gasteiger partial charge is 0.480 e. The number of carboxylic acid groups (broad SMARTS) is 1. The third kappa shape index (κ3) is 23.5. The minimum absolute atomic E-state index is 0.0202. The number of hydrogen-bond donors (Lipinski definition) is 3. The second kappa shape index (κ2) is 20.7. The molecule has 0 fully saturated rings. The van der Waals surface area contributed by atoms with Crippen molar-refractivity contribution < 1.29 is 27.9 Å². The van der Waals surface area contributed by atoms with E-state index in [0.717, 1.165) is 25.2 Å². The summed E-state index contributed by atoms with van der Waals surface area (Å²) in [6, 6.07) is 0. The van der Waals surface area contributed by atoms with E-state index in [1.165, 1.54) is 64.2 Å². The maximum absolute atomic E-state index is 11.9. The number of carbonyl (C=O) groups excluding carboxylic acids is 2. The van der Waals surface area contributed by atoms with Gasteiger partial charge in [0.15, 0.2) is 0 Å². The minimum Gasteiger partial charge on any atom is -0.480 e. The predicted molar refractivity (Wildman–Crippen MR) is 136 cm³/mol. The van der Waals surface area contributed by atoms with Gasteiger partial charge in [0.05, 0.1) is 5.75 Å². The highest BCUT2D eigenvalue weighted by atomic mass is 32.2. The molecule has 0 atom stereocenters. The summed E-state index contributed by atoms with van der Waals surface area (Å²) in [6.07, 6.45) is 17.1. The number of rotatable bonds is 23. The highest BCUT2D eigenvalue weighted by Gasteiger charge is 2.15. The number of carbonyl (C=O) groups is 3. The molecule has 9 heteroatoms. The first-order chi connectivity index (χ1) is 16.1. The second-order valence-corrected chi connectivity index (χ2v) is 11.5. The Kier molecular flexibility index (Phi) is 19.7. The van der Waals surface area contributed by atoms with Gasteiger partial charge in [-0.15, -0.1) is 0 Å². The maximum Gasteiger partial charge on any atom is 0.322 e. The fourth-order valence-electron chi connectivity index (χ4n) is 3.74. The summed E-state index contributed by atoms with van der Waals surface area (Å²) in [7, 11) is -3.78. The maximum atomic E-state index is 11.9. The fourth-order valence-corrected chi connectivity index (χ4v) is 4.82. The Balaban J connectivity index is 3.54. The molecule has 0 saturated carbocycles. The van der Waals surface area contributed by atoms with Crippen molar-refractivity contribution in [3.8, 4) is 0 Å². The lowest BCUT2D eigenvalue weighted by Gasteiger charge is -2.07. The zero-order valence-corrected chi connectivity index (χ0v) is 22.2. The highest BCUT2D eigenvalue weighted by molar-refractivity contribution is 7.90. The average Bonchev–Trinajstić information content (AvgIpc) is 2.74. The van der Waals surface area contributed by atoms with Gasteiger partial charge in [0, 0.05) is 12.8 Å². The summed E-state index contributed by atoms with van der Waals surface area (Å²) in [5.41, 5.74) is 0. The highest BCUT2D eigenvalue weighted by Crippen LogP contribution is 2.14. The van der Waals surface area contributed by atoms with Crippen molar-refractivity contribution in [3.63, 3.8) is 0 Å². The van der Waals surface area contributed by atoms with Crippen LogP contribution in [0.5, 0.6) is 0 Å². The number of nitrogens with one attached hydrogen (secondary N) is 2. The van der Waals surface area contributed by atoms with Crippen LogP contribution < -0.4 is 10.0 Å². The van der Waals surface area contributed by atoms with E-state index in [2.05, 4.69) is 19.2 Å². The Morgan fingerprint density at radius 1 is 0.676 bits per heavy atom. The Morgan fingerprint density at radius 2 is 1.12 bits per heavy atom. The molecule has 0 saturated heterocycles. The second-order valence-electron chi connectivity index (χ2n) is 9.65. The third-order valence-electron chi connectivity index (χ3n) is 5.71. The molecular weight excluding hydrogens is 456 g/mol.